The molecule has 0 fully saturated rings. The molecule has 0 spiro atoms. The van der Waals surface area contributed by atoms with Crippen LogP contribution in [0.4, 0.5) is 15.8 Å². The van der Waals surface area contributed by atoms with Crippen molar-refractivity contribution in [3.8, 4) is 0 Å². The van der Waals surface area contributed by atoms with E-state index < -0.39 is 20.9 Å². The van der Waals surface area contributed by atoms with Crippen molar-refractivity contribution in [3.63, 3.8) is 0 Å². The Bertz CT molecular complexity index is 752. The van der Waals surface area contributed by atoms with Gasteiger partial charge < -0.3 is 5.73 Å². The van der Waals surface area contributed by atoms with Crippen LogP contribution in [0, 0.1) is 5.82 Å². The fraction of sp³-hybridized carbons (Fsp3) is 0.0833. The summed E-state index contributed by atoms with van der Waals surface area (Å²) in [5.74, 6) is -0.907. The third-order valence-electron chi connectivity index (χ3n) is 2.66. The summed E-state index contributed by atoms with van der Waals surface area (Å²) >= 11 is 3.23. The van der Waals surface area contributed by atoms with Gasteiger partial charge in [0.2, 0.25) is 5.03 Å². The molecular formula is C12H11BrFN3O2S. The van der Waals surface area contributed by atoms with Gasteiger partial charge in [0.05, 0.1) is 11.4 Å². The zero-order valence-electron chi connectivity index (χ0n) is 10.4. The normalized spacial score (nSPS) is 11.3. The zero-order valence-corrected chi connectivity index (χ0v) is 12.8. The number of nitrogens with zero attached hydrogens (tertiary/aromatic N) is 2. The monoisotopic (exact) mass is 359 g/mol. The highest BCUT2D eigenvalue weighted by Crippen LogP contribution is 2.29. The molecule has 0 aliphatic rings. The first-order valence-electron chi connectivity index (χ1n) is 5.48. The fourth-order valence-corrected chi connectivity index (χ4v) is 3.20. The van der Waals surface area contributed by atoms with Crippen LogP contribution in [0.3, 0.4) is 0 Å². The van der Waals surface area contributed by atoms with Gasteiger partial charge in [0, 0.05) is 17.7 Å². The van der Waals surface area contributed by atoms with Crippen LogP contribution in [-0.4, -0.2) is 20.4 Å². The molecular weight excluding hydrogens is 349 g/mol. The lowest BCUT2D eigenvalue weighted by Gasteiger charge is -2.20. The van der Waals surface area contributed by atoms with Gasteiger partial charge in [-0.1, -0.05) is 15.9 Å². The van der Waals surface area contributed by atoms with Crippen molar-refractivity contribution in [3.05, 3.63) is 46.8 Å². The van der Waals surface area contributed by atoms with Gasteiger partial charge in [-0.2, -0.15) is 8.42 Å². The molecule has 0 atom stereocenters. The number of hydrogen-bond donors (Lipinski definition) is 1. The standard InChI is InChI=1S/C12H11BrFN3O2S/c1-17(11-5-4-8(13)7-10(11)15)20(18,19)12-9(14)3-2-6-16-12/h2-7H,15H2,1H3. The Labute approximate surface area is 124 Å². The lowest BCUT2D eigenvalue weighted by atomic mass is 10.3. The molecule has 0 saturated heterocycles. The summed E-state index contributed by atoms with van der Waals surface area (Å²) in [6, 6.07) is 7.10. The second-order valence-electron chi connectivity index (χ2n) is 3.97. The van der Waals surface area contributed by atoms with E-state index in [2.05, 4.69) is 20.9 Å². The summed E-state index contributed by atoms with van der Waals surface area (Å²) in [5, 5.41) is -0.634. The summed E-state index contributed by atoms with van der Waals surface area (Å²) in [5.41, 5.74) is 6.28. The third-order valence-corrected chi connectivity index (χ3v) is 4.86. The minimum atomic E-state index is -4.11. The van der Waals surface area contributed by atoms with Crippen molar-refractivity contribution < 1.29 is 12.8 Å². The van der Waals surface area contributed by atoms with Gasteiger partial charge >= 0.3 is 0 Å². The molecule has 20 heavy (non-hydrogen) atoms. The van der Waals surface area contributed by atoms with Crippen LogP contribution in [0.15, 0.2) is 46.0 Å². The van der Waals surface area contributed by atoms with Crippen LogP contribution in [0.1, 0.15) is 0 Å². The molecule has 2 aromatic rings. The number of sulfonamides is 1. The molecule has 0 radical (unpaired) electrons. The molecule has 1 heterocycles. The Morgan fingerprint density at radius 3 is 2.65 bits per heavy atom. The maximum atomic E-state index is 13.6. The summed E-state index contributed by atoms with van der Waals surface area (Å²) in [6.45, 7) is 0. The van der Waals surface area contributed by atoms with Gasteiger partial charge in [0.15, 0.2) is 5.82 Å². The molecule has 0 aliphatic carbocycles. The average Bonchev–Trinajstić information content (AvgIpc) is 2.38. The zero-order chi connectivity index (χ0) is 14.9. The van der Waals surface area contributed by atoms with E-state index in [1.807, 2.05) is 0 Å². The number of nitrogen functional groups attached to an aromatic ring is 1. The first-order valence-corrected chi connectivity index (χ1v) is 7.72. The molecule has 5 nitrogen and oxygen atoms in total. The average molecular weight is 360 g/mol. The van der Waals surface area contributed by atoms with E-state index in [0.717, 1.165) is 10.4 Å². The number of halogens is 2. The number of benzene rings is 1. The first kappa shape index (κ1) is 14.7. The smallest absolute Gasteiger partial charge is 0.284 e. The largest absolute Gasteiger partial charge is 0.397 e. The summed E-state index contributed by atoms with van der Waals surface area (Å²) in [7, 11) is -2.81. The van der Waals surface area contributed by atoms with E-state index in [4.69, 9.17) is 5.73 Å². The molecule has 0 unspecified atom stereocenters. The fourth-order valence-electron chi connectivity index (χ4n) is 1.63. The number of aromatic nitrogens is 1. The van der Waals surface area contributed by atoms with Crippen LogP contribution in [0.2, 0.25) is 0 Å². The van der Waals surface area contributed by atoms with Gasteiger partial charge in [-0.05, 0) is 30.3 Å². The quantitative estimate of drug-likeness (QED) is 0.853. The molecule has 0 amide bonds. The Hall–Kier alpha value is -1.67. The molecule has 1 aromatic carbocycles. The predicted octanol–water partition coefficient (Wildman–Crippen LogP) is 2.39. The van der Waals surface area contributed by atoms with E-state index in [-0.39, 0.29) is 11.4 Å². The van der Waals surface area contributed by atoms with Crippen molar-refractivity contribution in [1.29, 1.82) is 0 Å². The van der Waals surface area contributed by atoms with Crippen LogP contribution in [0.5, 0.6) is 0 Å². The van der Waals surface area contributed by atoms with E-state index in [0.29, 0.717) is 4.47 Å². The minimum Gasteiger partial charge on any atom is -0.397 e. The molecule has 106 valence electrons. The van der Waals surface area contributed by atoms with Crippen molar-refractivity contribution in [2.24, 2.45) is 0 Å². The van der Waals surface area contributed by atoms with Crippen LogP contribution in [-0.2, 0) is 10.0 Å². The third kappa shape index (κ3) is 2.61. The van der Waals surface area contributed by atoms with Crippen LogP contribution >= 0.6 is 15.9 Å². The van der Waals surface area contributed by atoms with Crippen molar-refractivity contribution in [2.45, 2.75) is 5.03 Å². The number of hydrogen-bond acceptors (Lipinski definition) is 4. The summed E-state index contributed by atoms with van der Waals surface area (Å²) in [4.78, 5) is 3.59. The van der Waals surface area contributed by atoms with E-state index in [9.17, 15) is 12.8 Å². The SMILES string of the molecule is CN(c1ccc(Br)cc1N)S(=O)(=O)c1ncccc1F. The lowest BCUT2D eigenvalue weighted by molar-refractivity contribution is 0.552. The molecule has 1 aromatic heterocycles. The highest BCUT2D eigenvalue weighted by Gasteiger charge is 2.27. The highest BCUT2D eigenvalue weighted by molar-refractivity contribution is 9.10. The topological polar surface area (TPSA) is 76.3 Å². The van der Waals surface area contributed by atoms with Crippen molar-refractivity contribution >= 4 is 37.3 Å². The van der Waals surface area contributed by atoms with Gasteiger partial charge in [0.1, 0.15) is 0 Å². The molecule has 8 heteroatoms. The molecule has 0 aliphatic heterocycles. The summed E-state index contributed by atoms with van der Waals surface area (Å²) in [6.07, 6.45) is 1.22. The minimum absolute atomic E-state index is 0.248. The molecule has 2 rings (SSSR count). The molecule has 0 saturated carbocycles. The van der Waals surface area contributed by atoms with Crippen molar-refractivity contribution in [1.82, 2.24) is 4.98 Å². The molecule has 0 bridgehead atoms. The number of pyridine rings is 1. The van der Waals surface area contributed by atoms with Gasteiger partial charge in [-0.25, -0.2) is 9.37 Å². The maximum Gasteiger partial charge on any atom is 0.284 e. The van der Waals surface area contributed by atoms with Crippen molar-refractivity contribution in [2.75, 3.05) is 17.1 Å². The van der Waals surface area contributed by atoms with Gasteiger partial charge in [0.25, 0.3) is 10.0 Å². The Morgan fingerprint density at radius 1 is 1.35 bits per heavy atom. The highest BCUT2D eigenvalue weighted by atomic mass is 79.9. The Morgan fingerprint density at radius 2 is 2.05 bits per heavy atom. The van der Waals surface area contributed by atoms with E-state index in [1.54, 1.807) is 12.1 Å². The predicted molar refractivity (Wildman–Crippen MR) is 78.3 cm³/mol. The summed E-state index contributed by atoms with van der Waals surface area (Å²) < 4.78 is 39.9. The van der Waals surface area contributed by atoms with Crippen LogP contribution < -0.4 is 10.0 Å². The number of anilines is 2. The van der Waals surface area contributed by atoms with Crippen LogP contribution in [0.25, 0.3) is 0 Å². The second-order valence-corrected chi connectivity index (χ2v) is 6.77. The lowest BCUT2D eigenvalue weighted by Crippen LogP contribution is -2.28. The van der Waals surface area contributed by atoms with E-state index >= 15 is 0 Å². The number of rotatable bonds is 3. The first-order chi connectivity index (χ1) is 9.34. The van der Waals surface area contributed by atoms with Gasteiger partial charge in [-0.15, -0.1) is 0 Å². The Balaban J connectivity index is 2.52. The second kappa shape index (κ2) is 5.37. The number of nitrogens with two attached hydrogens (primary N) is 1. The van der Waals surface area contributed by atoms with E-state index in [1.165, 1.54) is 25.4 Å². The molecule has 2 N–H and O–H groups in total. The van der Waals surface area contributed by atoms with Gasteiger partial charge in [-0.3, -0.25) is 4.31 Å². The maximum absolute atomic E-state index is 13.6. The Kier molecular flexibility index (Phi) is 3.96.